The van der Waals surface area contributed by atoms with E-state index in [0.717, 1.165) is 0 Å². The first-order valence-corrected chi connectivity index (χ1v) is 8.25. The van der Waals surface area contributed by atoms with Crippen molar-refractivity contribution in [3.05, 3.63) is 77.4 Å². The maximum absolute atomic E-state index is 3.82. The first kappa shape index (κ1) is 20.2. The first-order chi connectivity index (χ1) is 10.6. The molecule has 0 heterocycles. The highest BCUT2D eigenvalue weighted by molar-refractivity contribution is 5.84. The molecule has 0 radical (unpaired) electrons. The molecule has 1 aromatic carbocycles. The summed E-state index contributed by atoms with van der Waals surface area (Å²) < 4.78 is 0. The van der Waals surface area contributed by atoms with Crippen LogP contribution >= 0.6 is 0 Å². The van der Waals surface area contributed by atoms with Crippen LogP contribution in [-0.4, -0.2) is 0 Å². The molecule has 0 unspecified atom stereocenters. The van der Waals surface area contributed by atoms with Crippen LogP contribution in [0.25, 0.3) is 5.57 Å². The second-order valence-corrected chi connectivity index (χ2v) is 5.31. The zero-order valence-electron chi connectivity index (χ0n) is 15.2. The molecule has 0 atom stereocenters. The fourth-order valence-corrected chi connectivity index (χ4v) is 2.04. The Morgan fingerprint density at radius 3 is 2.05 bits per heavy atom. The minimum atomic E-state index is 1.24. The maximum atomic E-state index is 3.82. The second kappa shape index (κ2) is 11.8. The van der Waals surface area contributed by atoms with Gasteiger partial charge in [-0.1, -0.05) is 81.8 Å². The molecule has 0 spiro atoms. The first-order valence-electron chi connectivity index (χ1n) is 8.25. The molecule has 1 aromatic rings. The Hall–Kier alpha value is -1.82. The summed E-state index contributed by atoms with van der Waals surface area (Å²) in [6.07, 6.45) is 10.9. The van der Waals surface area contributed by atoms with Crippen molar-refractivity contribution in [1.29, 1.82) is 0 Å². The fraction of sp³-hybridized carbons (Fsp3) is 0.364. The molecule has 0 aliphatic heterocycles. The van der Waals surface area contributed by atoms with Gasteiger partial charge in [-0.2, -0.15) is 0 Å². The summed E-state index contributed by atoms with van der Waals surface area (Å²) in [7, 11) is 0. The third-order valence-electron chi connectivity index (χ3n) is 3.66. The van der Waals surface area contributed by atoms with Gasteiger partial charge in [-0.3, -0.25) is 0 Å². The summed E-state index contributed by atoms with van der Waals surface area (Å²) in [4.78, 5) is 0. The highest BCUT2D eigenvalue weighted by atomic mass is 14.1. The molecule has 0 saturated heterocycles. The van der Waals surface area contributed by atoms with Gasteiger partial charge in [-0.05, 0) is 55.5 Å². The fourth-order valence-electron chi connectivity index (χ4n) is 2.04. The minimum absolute atomic E-state index is 1.24. The number of hydrogen-bond donors (Lipinski definition) is 0. The van der Waals surface area contributed by atoms with Gasteiger partial charge >= 0.3 is 0 Å². The molecule has 0 aliphatic carbocycles. The third-order valence-corrected chi connectivity index (χ3v) is 3.66. The van der Waals surface area contributed by atoms with Crippen LogP contribution in [0.3, 0.4) is 0 Å². The number of allylic oxidation sites excluding steroid dienone is 7. The lowest BCUT2D eigenvalue weighted by Crippen LogP contribution is -1.94. The number of benzene rings is 1. The Kier molecular flexibility index (Phi) is 10.8. The number of rotatable bonds is 5. The topological polar surface area (TPSA) is 0 Å². The van der Waals surface area contributed by atoms with E-state index in [2.05, 4.69) is 90.6 Å². The van der Waals surface area contributed by atoms with Crippen molar-refractivity contribution in [2.45, 2.75) is 54.4 Å². The quantitative estimate of drug-likeness (QED) is 0.501. The summed E-state index contributed by atoms with van der Waals surface area (Å²) in [6.45, 7) is 16.6. The Morgan fingerprint density at radius 1 is 1.05 bits per heavy atom. The summed E-state index contributed by atoms with van der Waals surface area (Å²) in [5, 5.41) is 0. The van der Waals surface area contributed by atoms with Gasteiger partial charge in [-0.25, -0.2) is 0 Å². The number of unbranched alkanes of at least 4 members (excludes halogenated alkanes) is 1. The molecular weight excluding hydrogens is 264 g/mol. The van der Waals surface area contributed by atoms with E-state index in [9.17, 15) is 0 Å². The number of hydrogen-bond acceptors (Lipinski definition) is 0. The highest BCUT2D eigenvalue weighted by Crippen LogP contribution is 2.30. The molecule has 22 heavy (non-hydrogen) atoms. The Morgan fingerprint density at radius 2 is 1.64 bits per heavy atom. The molecule has 0 N–H and O–H groups in total. The Balaban J connectivity index is 0.000000980. The lowest BCUT2D eigenvalue weighted by atomic mass is 9.90. The van der Waals surface area contributed by atoms with Gasteiger partial charge in [0.25, 0.3) is 0 Å². The molecule has 0 nitrogen and oxygen atoms in total. The molecule has 1 rings (SSSR count). The summed E-state index contributed by atoms with van der Waals surface area (Å²) >= 11 is 0. The lowest BCUT2D eigenvalue weighted by molar-refractivity contribution is 0.886. The van der Waals surface area contributed by atoms with Crippen LogP contribution in [0.2, 0.25) is 0 Å². The van der Waals surface area contributed by atoms with Gasteiger partial charge in [0.15, 0.2) is 0 Å². The number of aryl methyl sites for hydroxylation is 1. The van der Waals surface area contributed by atoms with Gasteiger partial charge in [0.05, 0.1) is 0 Å². The zero-order valence-corrected chi connectivity index (χ0v) is 15.2. The normalized spacial score (nSPS) is 12.5. The average Bonchev–Trinajstić information content (AvgIpc) is 2.55. The molecular formula is C22H32. The van der Waals surface area contributed by atoms with E-state index in [4.69, 9.17) is 0 Å². The van der Waals surface area contributed by atoms with E-state index in [1.54, 1.807) is 0 Å². The van der Waals surface area contributed by atoms with Crippen molar-refractivity contribution in [1.82, 2.24) is 0 Å². The van der Waals surface area contributed by atoms with Gasteiger partial charge in [0, 0.05) is 0 Å². The molecule has 0 fully saturated rings. The Bertz CT molecular complexity index is 537. The molecule has 0 aromatic heterocycles. The average molecular weight is 296 g/mol. The largest absolute Gasteiger partial charge is 0.0990 e. The van der Waals surface area contributed by atoms with Gasteiger partial charge < -0.3 is 0 Å². The predicted molar refractivity (Wildman–Crippen MR) is 103 cm³/mol. The van der Waals surface area contributed by atoms with Crippen LogP contribution in [0.1, 0.15) is 58.6 Å². The lowest BCUT2D eigenvalue weighted by Gasteiger charge is -2.15. The van der Waals surface area contributed by atoms with Crippen molar-refractivity contribution in [3.63, 3.8) is 0 Å². The van der Waals surface area contributed by atoms with Crippen LogP contribution in [0.5, 0.6) is 0 Å². The highest BCUT2D eigenvalue weighted by Gasteiger charge is 2.09. The van der Waals surface area contributed by atoms with Crippen molar-refractivity contribution >= 4 is 5.57 Å². The Labute approximate surface area is 138 Å². The molecule has 0 aliphatic rings. The van der Waals surface area contributed by atoms with Gasteiger partial charge in [0.2, 0.25) is 0 Å². The van der Waals surface area contributed by atoms with Crippen LogP contribution in [0, 0.1) is 6.92 Å². The van der Waals surface area contributed by atoms with Crippen molar-refractivity contribution in [3.8, 4) is 0 Å². The second-order valence-electron chi connectivity index (χ2n) is 5.31. The van der Waals surface area contributed by atoms with E-state index < -0.39 is 0 Å². The molecule has 0 heteroatoms. The molecule has 0 saturated carbocycles. The maximum Gasteiger partial charge on any atom is -0.0149 e. The van der Waals surface area contributed by atoms with Crippen molar-refractivity contribution < 1.29 is 0 Å². The van der Waals surface area contributed by atoms with E-state index in [1.165, 1.54) is 40.7 Å². The van der Waals surface area contributed by atoms with E-state index in [1.807, 2.05) is 6.08 Å². The molecule has 0 bridgehead atoms. The smallest absolute Gasteiger partial charge is 0.0149 e. The third kappa shape index (κ3) is 6.30. The van der Waals surface area contributed by atoms with Crippen LogP contribution in [0.15, 0.2) is 66.3 Å². The van der Waals surface area contributed by atoms with E-state index in [0.29, 0.717) is 0 Å². The standard InChI is InChI=1S/C18H22.C4H10/c1-6-11-17(14(4)7-2)16(8-3)18-13-10-9-12-15(18)5;1-3-4-2/h6-13H,1H2,2-5H3;3-4H2,1-2H3/b14-7-,16-8+,17-11+;. The van der Waals surface area contributed by atoms with E-state index in [-0.39, 0.29) is 0 Å². The zero-order chi connectivity index (χ0) is 17.0. The molecule has 120 valence electrons. The van der Waals surface area contributed by atoms with Gasteiger partial charge in [-0.15, -0.1) is 0 Å². The van der Waals surface area contributed by atoms with Gasteiger partial charge in [0.1, 0.15) is 0 Å². The van der Waals surface area contributed by atoms with Crippen LogP contribution < -0.4 is 0 Å². The minimum Gasteiger partial charge on any atom is -0.0990 e. The summed E-state index contributed by atoms with van der Waals surface area (Å²) in [5.74, 6) is 0. The van der Waals surface area contributed by atoms with Crippen LogP contribution in [0.4, 0.5) is 0 Å². The summed E-state index contributed by atoms with van der Waals surface area (Å²) in [6, 6.07) is 8.48. The molecule has 0 amide bonds. The van der Waals surface area contributed by atoms with Crippen molar-refractivity contribution in [2.75, 3.05) is 0 Å². The summed E-state index contributed by atoms with van der Waals surface area (Å²) in [5.41, 5.74) is 6.36. The van der Waals surface area contributed by atoms with Crippen LogP contribution in [-0.2, 0) is 0 Å². The predicted octanol–water partition coefficient (Wildman–Crippen LogP) is 7.28. The van der Waals surface area contributed by atoms with E-state index >= 15 is 0 Å². The SMILES string of the molecule is C=C/C=C(C(\C)=C/C)/C(=C\C)c1ccccc1C.CCCC. The monoisotopic (exact) mass is 296 g/mol. The van der Waals surface area contributed by atoms with Crippen molar-refractivity contribution in [2.24, 2.45) is 0 Å².